The predicted molar refractivity (Wildman–Crippen MR) is 526 cm³/mol. The van der Waals surface area contributed by atoms with Crippen molar-refractivity contribution in [2.75, 3.05) is 78.3 Å². The molecule has 0 spiro atoms. The number of Topliss-reactive ketones (excluding diaryl/α,β-unsaturated/α-hetero) is 4. The number of aliphatic hydroxyl groups excluding tert-OH is 4. The lowest BCUT2D eigenvalue weighted by Gasteiger charge is -2.14. The average molecular weight is 2110 g/mol. The number of ether oxygens (including phenoxy) is 7. The second-order valence-electron chi connectivity index (χ2n) is 30.5. The van der Waals surface area contributed by atoms with Gasteiger partial charge in [-0.05, 0) is 185 Å². The minimum atomic E-state index is -1.41. The third kappa shape index (κ3) is 39.9. The van der Waals surface area contributed by atoms with Crippen molar-refractivity contribution in [2.45, 2.75) is 96.4 Å². The van der Waals surface area contributed by atoms with Crippen LogP contribution in [-0.2, 0) is 86.2 Å². The molecule has 782 valence electrons. The zero-order valence-electron chi connectivity index (χ0n) is 80.1. The van der Waals surface area contributed by atoms with Gasteiger partial charge in [0.25, 0.3) is 11.4 Å². The number of non-ortho nitro benzene ring substituents is 2. The maximum Gasteiger partial charge on any atom is 0.417 e. The van der Waals surface area contributed by atoms with Crippen LogP contribution in [0.15, 0.2) is 231 Å². The van der Waals surface area contributed by atoms with Gasteiger partial charge in [0, 0.05) is 92.8 Å². The molecule has 36 nitrogen and oxygen atoms in total. The molecule has 3 unspecified atom stereocenters. The van der Waals surface area contributed by atoms with E-state index < -0.39 is 151 Å². The van der Waals surface area contributed by atoms with E-state index in [1.807, 2.05) is 73.1 Å². The van der Waals surface area contributed by atoms with Crippen molar-refractivity contribution in [2.24, 2.45) is 5.73 Å². The fourth-order valence-corrected chi connectivity index (χ4v) is 13.2. The summed E-state index contributed by atoms with van der Waals surface area (Å²) in [6.07, 6.45) is -0.930. The first-order valence-corrected chi connectivity index (χ1v) is 43.8. The first-order valence-electron chi connectivity index (χ1n) is 43.0. The molecule has 2 aromatic heterocycles. The summed E-state index contributed by atoms with van der Waals surface area (Å²) in [5.41, 5.74) is 16.7. The molecule has 147 heavy (non-hydrogen) atoms. The van der Waals surface area contributed by atoms with E-state index in [0.29, 0.717) is 64.7 Å². The number of para-hydroxylation sites is 2. The molecule has 2 heterocycles. The molecule has 0 aliphatic carbocycles. The number of aryl methyl sites for hydroxylation is 3. The number of nitro groups is 2. The largest absolute Gasteiger partial charge is 0.469 e. The Bertz CT molecular complexity index is 6510. The Balaban J connectivity index is 0.000000358. The lowest BCUT2D eigenvalue weighted by atomic mass is 9.95. The molecule has 0 saturated carbocycles. The number of carbonyl (C=O) groups is 11. The number of hydrogen-bond donors (Lipinski definition) is 8. The molecule has 12 rings (SSSR count). The van der Waals surface area contributed by atoms with Gasteiger partial charge in [-0.15, -0.1) is 12.4 Å². The van der Waals surface area contributed by atoms with E-state index in [1.165, 1.54) is 76.6 Å². The fourth-order valence-electron chi connectivity index (χ4n) is 12.8. The Morgan fingerprint density at radius 1 is 0.422 bits per heavy atom. The number of nitrogens with two attached hydrogens (primary N) is 2. The molecule has 2 amide bonds. The number of benzene rings is 10. The number of aliphatic hydroxyl groups is 4. The van der Waals surface area contributed by atoms with Gasteiger partial charge in [-0.1, -0.05) is 102 Å². The summed E-state index contributed by atoms with van der Waals surface area (Å²) in [5.74, 6) is -15.9. The molecule has 10 aromatic carbocycles. The van der Waals surface area contributed by atoms with Crippen LogP contribution in [0.25, 0.3) is 11.4 Å². The second-order valence-corrected chi connectivity index (χ2v) is 31.4. The minimum absolute atomic E-state index is 0. The quantitative estimate of drug-likeness (QED) is 0.00380. The summed E-state index contributed by atoms with van der Waals surface area (Å²) >= 11 is 12.0. The van der Waals surface area contributed by atoms with E-state index in [1.54, 1.807) is 77.5 Å². The number of rotatable bonds is 31. The lowest BCUT2D eigenvalue weighted by Crippen LogP contribution is -2.22. The Kier molecular flexibility index (Phi) is 52.4. The summed E-state index contributed by atoms with van der Waals surface area (Å²) in [4.78, 5) is 144. The van der Waals surface area contributed by atoms with Gasteiger partial charge in [-0.3, -0.25) is 74.0 Å². The van der Waals surface area contributed by atoms with Crippen LogP contribution < -0.4 is 31.6 Å². The molecule has 0 saturated heterocycles. The van der Waals surface area contributed by atoms with Gasteiger partial charge in [-0.25, -0.2) is 49.7 Å². The number of anilines is 3. The molecule has 0 radical (unpaired) electrons. The molecule has 10 N–H and O–H groups in total. The number of nitrogens with zero attached hydrogens (tertiary/aromatic N) is 6. The Morgan fingerprint density at radius 3 is 1.14 bits per heavy atom. The minimum Gasteiger partial charge on any atom is -0.469 e. The van der Waals surface area contributed by atoms with Crippen molar-refractivity contribution < 1.29 is 147 Å². The average Bonchev–Trinajstić information content (AvgIpc) is 1.79. The van der Waals surface area contributed by atoms with Gasteiger partial charge >= 0.3 is 42.0 Å². The number of nitrogen functional groups attached to an aromatic ring is 1. The first-order chi connectivity index (χ1) is 69.3. The first kappa shape index (κ1) is 123. The number of esters is 5. The number of carbonyl (C=O) groups excluding carboxylic acids is 11. The highest BCUT2D eigenvalue weighted by atomic mass is 35.5. The zero-order valence-corrected chi connectivity index (χ0v) is 82.4. The maximum atomic E-state index is 14.3. The van der Waals surface area contributed by atoms with Gasteiger partial charge in [0.2, 0.25) is 0 Å². The third-order valence-electron chi connectivity index (χ3n) is 20.0. The number of nitro benzene ring substituents is 2. The topological polar surface area (TPSA) is 531 Å². The fraction of sp³-hybridized carbons (Fsp3) is 0.238. The number of hydrogen-bond acceptors (Lipinski definition) is 30. The second kappa shape index (κ2) is 62.5. The number of ketones is 4. The molecule has 46 heteroatoms. The van der Waals surface area contributed by atoms with Gasteiger partial charge in [0.05, 0.1) is 112 Å². The lowest BCUT2D eigenvalue weighted by molar-refractivity contribution is -0.385. The maximum absolute atomic E-state index is 14.3. The number of aromatic nitrogens is 4. The van der Waals surface area contributed by atoms with Crippen molar-refractivity contribution in [3.63, 3.8) is 0 Å². The number of halogens is 10. The standard InChI is InChI=1S/C23H24ClFN2O3.C18H16FNO5.C16H16FNO4.C11H12ClN3.C11H10FNO5.C11H12FNO3.C6H3F2NO2.C5H8O4.ClH/c1-15-9-20(27(26-15)19-4-2-3-18(24)12-19)6-7-21(30)10-16-5-8-22(23(25)11-16)17(13-28)14-29;1-11(21)16(17(22)24-2)14-9-8-12(10-15(14)19)20-18(23)25-13-6-4-3-5-7-13;17-15-8-12(6-7-14(15)11(9-19)10-20)18-16(21)22-13-4-2-1-3-5-13;1-8-5-11(7-13)15(14-8)10-4-2-3-9(12)6-10;1-6(14)10(11(15)18-2)8-4-3-7(13(16)17)5-9(8)12;1-6(14)10(11(15)16-2)8-4-3-7(13)5-9(8)12;7-5-2-1-4(9(10)11)3-6(5)8;1-8-4(6)3-5(7)9-2;/h2-5,8-9,11-12,17,28-29H,6-7,10,13-14H2,1H3;3-10,16H,1-2H3,(H,20,23);1-8,11,19-20H,9-10H2,(H,18,21);2-6H,7,13H2,1H3;3-5,10H,1-2H3;3-5,10H,13H2,1-2H3;1-3H;3H2,1-2H3;1H. The Labute approximate surface area is 852 Å². The van der Waals surface area contributed by atoms with Crippen LogP contribution in [0.5, 0.6) is 11.5 Å². The highest BCUT2D eigenvalue weighted by molar-refractivity contribution is 6.31. The molecule has 3 atom stereocenters. The molecule has 0 fully saturated rings. The highest BCUT2D eigenvalue weighted by Gasteiger charge is 2.33. The number of methoxy groups -OCH3 is 5. The molecular formula is C101H102Cl3F7N10O26. The smallest absolute Gasteiger partial charge is 0.417 e. The molecule has 12 aromatic rings. The summed E-state index contributed by atoms with van der Waals surface area (Å²) in [6, 6.07) is 56.4. The van der Waals surface area contributed by atoms with Crippen molar-refractivity contribution in [3.05, 3.63) is 358 Å². The van der Waals surface area contributed by atoms with Crippen LogP contribution in [0, 0.1) is 74.8 Å². The van der Waals surface area contributed by atoms with E-state index in [2.05, 4.69) is 44.5 Å². The molecule has 0 aliphatic heterocycles. The highest BCUT2D eigenvalue weighted by Crippen LogP contribution is 2.31. The van der Waals surface area contributed by atoms with Crippen LogP contribution >= 0.6 is 35.6 Å². The van der Waals surface area contributed by atoms with Crippen LogP contribution in [-0.4, -0.2) is 177 Å². The zero-order chi connectivity index (χ0) is 109. The van der Waals surface area contributed by atoms with Crippen molar-refractivity contribution in [1.82, 2.24) is 19.6 Å². The Hall–Kier alpha value is -16.0. The van der Waals surface area contributed by atoms with Crippen LogP contribution in [0.4, 0.5) is 68.8 Å². The van der Waals surface area contributed by atoms with Crippen molar-refractivity contribution in [1.29, 1.82) is 0 Å². The summed E-state index contributed by atoms with van der Waals surface area (Å²) in [7, 11) is 5.76. The Morgan fingerprint density at radius 2 is 0.782 bits per heavy atom. The van der Waals surface area contributed by atoms with Gasteiger partial charge in [0.1, 0.15) is 87.9 Å². The number of nitrogens with one attached hydrogen (secondary N) is 2. The van der Waals surface area contributed by atoms with E-state index in [9.17, 15) is 114 Å². The molecule has 0 bridgehead atoms. The molecule has 0 aliphatic rings. The third-order valence-corrected chi connectivity index (χ3v) is 20.4. The summed E-state index contributed by atoms with van der Waals surface area (Å²) in [6.45, 7) is 6.38. The van der Waals surface area contributed by atoms with E-state index in [4.69, 9.17) is 54.4 Å². The number of amides is 2. The van der Waals surface area contributed by atoms with Gasteiger partial charge in [0.15, 0.2) is 11.6 Å². The van der Waals surface area contributed by atoms with Gasteiger partial charge in [-0.2, -0.15) is 10.2 Å². The monoisotopic (exact) mass is 2110 g/mol. The van der Waals surface area contributed by atoms with Crippen LogP contribution in [0.2, 0.25) is 10.0 Å². The van der Waals surface area contributed by atoms with Crippen molar-refractivity contribution >= 4 is 129 Å². The van der Waals surface area contributed by atoms with E-state index in [-0.39, 0.29) is 102 Å². The van der Waals surface area contributed by atoms with Gasteiger partial charge < -0.3 is 65.1 Å². The van der Waals surface area contributed by atoms with Crippen LogP contribution in [0.3, 0.4) is 0 Å². The molecular weight excluding hydrogens is 2010 g/mol. The van der Waals surface area contributed by atoms with Crippen molar-refractivity contribution in [3.8, 4) is 22.9 Å². The summed E-state index contributed by atoms with van der Waals surface area (Å²) < 4.78 is 130. The van der Waals surface area contributed by atoms with E-state index >= 15 is 0 Å². The summed E-state index contributed by atoms with van der Waals surface area (Å²) in [5, 5.41) is 71.9. The predicted octanol–water partition coefficient (Wildman–Crippen LogP) is 16.7. The SMILES string of the molecule is COC(=O)C(C(C)=O)c1ccc(N)cc1F.COC(=O)C(C(C)=O)c1ccc(NC(=O)Oc2ccccc2)cc1F.COC(=O)C(C(C)=O)c1ccc([N+](=O)[O-])cc1F.COC(=O)CC(=O)OC.Cc1cc(CCC(=O)Cc2ccc(C(CO)CO)c(F)c2)n(-c2cccc(Cl)c2)n1.Cc1cc(CN)n(-c2cccc(Cl)c2)n1.Cl.O=C(Nc1ccc(C(CO)CO)c(F)c1)Oc1ccccc1.O=[N+]([O-])c1ccc(F)c(F)c1. The van der Waals surface area contributed by atoms with Crippen LogP contribution in [0.1, 0.15) is 119 Å². The van der Waals surface area contributed by atoms with E-state index in [0.717, 1.165) is 98.8 Å². The normalized spacial score (nSPS) is 10.8.